The summed E-state index contributed by atoms with van der Waals surface area (Å²) in [6, 6.07) is 0. The Labute approximate surface area is 181 Å². The molecule has 34 heavy (non-hydrogen) atoms. The molecule has 0 heterocycles. The Morgan fingerprint density at radius 1 is 0.647 bits per heavy atom. The zero-order chi connectivity index (χ0) is 27.8. The van der Waals surface area contributed by atoms with Crippen molar-refractivity contribution in [3.05, 3.63) is 0 Å². The van der Waals surface area contributed by atoms with Gasteiger partial charge in [-0.2, -0.15) is 79.5 Å². The second-order valence-corrected chi connectivity index (χ2v) is 6.93. The first kappa shape index (κ1) is 32.7. The van der Waals surface area contributed by atoms with Crippen LogP contribution in [-0.4, -0.2) is 72.9 Å². The molecule has 22 heteroatoms. The minimum Gasteiger partial charge on any atom is -0.310 e. The largest absolute Gasteiger partial charge is 0.460 e. The normalized spacial score (nSPS) is 15.4. The summed E-state index contributed by atoms with van der Waals surface area (Å²) in [4.78, 5) is 18.2. The molecule has 0 saturated carbocycles. The first-order chi connectivity index (χ1) is 14.7. The lowest BCUT2D eigenvalue weighted by Gasteiger charge is -2.42. The average Bonchev–Trinajstić information content (AvgIpc) is 2.63. The molecule has 3 nitrogen and oxygen atoms in total. The van der Waals surface area contributed by atoms with E-state index < -0.39 is 65.7 Å². The summed E-state index contributed by atoms with van der Waals surface area (Å²) in [6.45, 7) is 0.179. The van der Waals surface area contributed by atoms with Crippen molar-refractivity contribution >= 4 is 24.0 Å². The van der Waals surface area contributed by atoms with Crippen molar-refractivity contribution in [1.82, 2.24) is 0 Å². The van der Waals surface area contributed by atoms with Crippen LogP contribution >= 0.6 is 11.6 Å². The van der Waals surface area contributed by atoms with Crippen LogP contribution in [0, 0.1) is 0 Å². The molecule has 0 fully saturated rings. The smallest absolute Gasteiger partial charge is 0.310 e. The second kappa shape index (κ2) is 9.60. The van der Waals surface area contributed by atoms with Crippen LogP contribution in [0.1, 0.15) is 6.42 Å². The number of alkyl halides is 17. The number of halogens is 17. The molecule has 0 rings (SSSR count). The Bertz CT molecular complexity index is 723. The molecule has 0 aliphatic rings. The van der Waals surface area contributed by atoms with E-state index in [1.807, 2.05) is 0 Å². The molecule has 0 atom stereocenters. The standard InChI is InChI=1S/C12H7BF17O3S/c1-32-33-4(31)13-34-3-2-5(14,15)6(16,17)7(18,19)8(20,21)9(22,23)10(24,25)11(26,27)12(28,29)30/h2-3H2,1H3. The fraction of sp³-hybridized carbons (Fsp3) is 0.917. The van der Waals surface area contributed by atoms with Gasteiger partial charge in [0.15, 0.2) is 0 Å². The van der Waals surface area contributed by atoms with Gasteiger partial charge in [0.1, 0.15) is 0 Å². The van der Waals surface area contributed by atoms with Gasteiger partial charge in [-0.1, -0.05) is 0 Å². The van der Waals surface area contributed by atoms with E-state index in [0.717, 1.165) is 7.11 Å². The third-order valence-electron chi connectivity index (χ3n) is 3.67. The van der Waals surface area contributed by atoms with Gasteiger partial charge in [0, 0.05) is 6.42 Å². The zero-order valence-electron chi connectivity index (χ0n) is 15.5. The highest BCUT2D eigenvalue weighted by atomic mass is 32.2. The molecule has 0 unspecified atom stereocenters. The fourth-order valence-corrected chi connectivity index (χ4v) is 2.44. The molecule has 0 aliphatic carbocycles. The molecule has 0 aromatic heterocycles. The summed E-state index contributed by atoms with van der Waals surface area (Å²) in [6.07, 6.45) is -10.5. The van der Waals surface area contributed by atoms with Crippen molar-refractivity contribution in [2.75, 3.05) is 12.9 Å². The third kappa shape index (κ3) is 5.11. The Hall–Kier alpha value is -1.35. The fourth-order valence-electron chi connectivity index (χ4n) is 1.77. The molecule has 0 amide bonds. The topological polar surface area (TPSA) is 35.5 Å². The van der Waals surface area contributed by atoms with E-state index in [-0.39, 0.29) is 18.2 Å². The predicted octanol–water partition coefficient (Wildman–Crippen LogP) is 6.44. The van der Waals surface area contributed by atoms with Crippen molar-refractivity contribution < 1.29 is 89.2 Å². The van der Waals surface area contributed by atoms with Gasteiger partial charge < -0.3 is 4.89 Å². The van der Waals surface area contributed by atoms with Crippen molar-refractivity contribution in [2.24, 2.45) is 0 Å². The Morgan fingerprint density at radius 2 is 1.00 bits per heavy atom. The van der Waals surface area contributed by atoms with Gasteiger partial charge in [-0.25, -0.2) is 11.6 Å². The van der Waals surface area contributed by atoms with Crippen LogP contribution in [0.5, 0.6) is 0 Å². The predicted molar refractivity (Wildman–Crippen MR) is 77.0 cm³/mol. The highest BCUT2D eigenvalue weighted by Crippen LogP contribution is 2.64. The lowest BCUT2D eigenvalue weighted by atomic mass is 9.88. The van der Waals surface area contributed by atoms with E-state index in [1.165, 1.54) is 0 Å². The molecular formula is C12H7BF17O3S. The van der Waals surface area contributed by atoms with Crippen molar-refractivity contribution in [3.8, 4) is 0 Å². The quantitative estimate of drug-likeness (QED) is 0.0899. The molecule has 0 aliphatic heterocycles. The van der Waals surface area contributed by atoms with E-state index in [9.17, 15) is 79.4 Å². The van der Waals surface area contributed by atoms with Crippen LogP contribution in [0.25, 0.3) is 0 Å². The van der Waals surface area contributed by atoms with E-state index >= 15 is 0 Å². The number of carbonyl (C=O) groups excluding carboxylic acids is 1. The maximum Gasteiger partial charge on any atom is 0.460 e. The number of hydrogen-bond donors (Lipinski definition) is 0. The third-order valence-corrected chi connectivity index (χ3v) is 4.46. The van der Waals surface area contributed by atoms with Gasteiger partial charge in [0.2, 0.25) is 0 Å². The summed E-state index contributed by atoms with van der Waals surface area (Å²) in [5.74, 6) is -59.6. The minimum atomic E-state index is -8.66. The van der Waals surface area contributed by atoms with Gasteiger partial charge in [-0.15, -0.1) is 0 Å². The maximum atomic E-state index is 13.5. The van der Waals surface area contributed by atoms with Crippen LogP contribution in [0.2, 0.25) is 0 Å². The average molecular weight is 565 g/mol. The summed E-state index contributed by atoms with van der Waals surface area (Å²) in [5.41, 5.74) is 0. The first-order valence-electron chi connectivity index (χ1n) is 7.61. The summed E-state index contributed by atoms with van der Waals surface area (Å²) in [7, 11) is 0.747. The van der Waals surface area contributed by atoms with E-state index in [1.54, 1.807) is 0 Å². The van der Waals surface area contributed by atoms with Crippen LogP contribution < -0.4 is 0 Å². The lowest BCUT2D eigenvalue weighted by molar-refractivity contribution is -0.461. The highest BCUT2D eigenvalue weighted by Gasteiger charge is 2.95. The maximum absolute atomic E-state index is 13.5. The summed E-state index contributed by atoms with van der Waals surface area (Å²) < 4.78 is 222. The second-order valence-electron chi connectivity index (χ2n) is 5.96. The molecule has 201 valence electrons. The van der Waals surface area contributed by atoms with Gasteiger partial charge >= 0.3 is 54.2 Å². The summed E-state index contributed by atoms with van der Waals surface area (Å²) >= 11 is -0.239. The Morgan fingerprint density at radius 3 is 1.35 bits per heavy atom. The SMILES string of the molecule is COOC(=O)[B]SCCC(F)(F)C(F)(F)C(F)(F)C(F)(F)C(F)(F)C(F)(F)C(F)(F)C(F)(F)F. The Balaban J connectivity index is 6.13. The van der Waals surface area contributed by atoms with Crippen LogP contribution in [0.4, 0.5) is 79.4 Å². The van der Waals surface area contributed by atoms with Crippen LogP contribution in [0.15, 0.2) is 0 Å². The van der Waals surface area contributed by atoms with Gasteiger partial charge in [0.25, 0.3) is 5.87 Å². The first-order valence-corrected chi connectivity index (χ1v) is 8.66. The molecule has 0 aromatic carbocycles. The monoisotopic (exact) mass is 565 g/mol. The van der Waals surface area contributed by atoms with E-state index in [2.05, 4.69) is 9.78 Å². The molecule has 0 aromatic rings. The van der Waals surface area contributed by atoms with Crippen LogP contribution in [-0.2, 0) is 9.78 Å². The molecule has 0 N–H and O–H groups in total. The number of carbonyl (C=O) groups is 1. The minimum absolute atomic E-state index is 0.179. The number of rotatable bonds is 12. The van der Waals surface area contributed by atoms with Crippen LogP contribution in [0.3, 0.4) is 0 Å². The van der Waals surface area contributed by atoms with Gasteiger partial charge in [-0.3, -0.25) is 4.79 Å². The zero-order valence-corrected chi connectivity index (χ0v) is 16.4. The van der Waals surface area contributed by atoms with Crippen molar-refractivity contribution in [1.29, 1.82) is 0 Å². The Kier molecular flexibility index (Phi) is 9.22. The molecular weight excluding hydrogens is 558 g/mol. The summed E-state index contributed by atoms with van der Waals surface area (Å²) in [5, 5.41) is 0. The molecule has 0 spiro atoms. The molecule has 0 saturated heterocycles. The molecule has 0 bridgehead atoms. The van der Waals surface area contributed by atoms with Gasteiger partial charge in [0.05, 0.1) is 7.11 Å². The van der Waals surface area contributed by atoms with Gasteiger partial charge in [-0.05, 0) is 5.75 Å². The van der Waals surface area contributed by atoms with E-state index in [0.29, 0.717) is 0 Å². The lowest BCUT2D eigenvalue weighted by Crippen LogP contribution is -2.74. The van der Waals surface area contributed by atoms with Crippen molar-refractivity contribution in [3.63, 3.8) is 0 Å². The molecule has 1 radical (unpaired) electrons. The van der Waals surface area contributed by atoms with Crippen molar-refractivity contribution in [2.45, 2.75) is 54.1 Å². The van der Waals surface area contributed by atoms with E-state index in [4.69, 9.17) is 0 Å². The number of hydrogen-bond acceptors (Lipinski definition) is 4. The highest BCUT2D eigenvalue weighted by molar-refractivity contribution is 8.24.